The van der Waals surface area contributed by atoms with Crippen LogP contribution in [-0.2, 0) is 0 Å². The molecule has 0 saturated heterocycles. The smallest absolute Gasteiger partial charge is 0.147 e. The Morgan fingerprint density at radius 2 is 1.11 bits per heavy atom. The quantitative estimate of drug-likeness (QED) is 0.217. The fourth-order valence-electron chi connectivity index (χ4n) is 7.26. The largest absolute Gasteiger partial charge is 0.455 e. The Morgan fingerprint density at radius 3 is 1.89 bits per heavy atom. The topological polar surface area (TPSA) is 41.6 Å². The van der Waals surface area contributed by atoms with Crippen molar-refractivity contribution in [2.24, 2.45) is 0 Å². The van der Waals surface area contributed by atoms with Gasteiger partial charge in [-0.3, -0.25) is 0 Å². The lowest BCUT2D eigenvalue weighted by molar-refractivity contribution is 0.663. The molecule has 0 aliphatic carbocycles. The van der Waals surface area contributed by atoms with Gasteiger partial charge in [0.1, 0.15) is 28.5 Å². The number of para-hydroxylation sites is 3. The second kappa shape index (κ2) is 10.1. The highest BCUT2D eigenvalue weighted by atomic mass is 16.3. The van der Waals surface area contributed by atoms with E-state index in [0.29, 0.717) is 0 Å². The molecule has 3 heterocycles. The lowest BCUT2D eigenvalue weighted by Crippen LogP contribution is -2.23. The lowest BCUT2D eigenvalue weighted by Gasteiger charge is -2.27. The first-order valence-corrected chi connectivity index (χ1v) is 16.0. The third-order valence-electron chi connectivity index (χ3n) is 9.48. The number of anilines is 3. The van der Waals surface area contributed by atoms with Crippen LogP contribution in [0.25, 0.3) is 66.1 Å². The zero-order valence-electron chi connectivity index (χ0n) is 25.4. The van der Waals surface area contributed by atoms with Crippen molar-refractivity contribution in [1.29, 1.82) is 0 Å². The molecule has 1 N–H and O–H groups in total. The molecule has 4 nitrogen and oxygen atoms in total. The summed E-state index contributed by atoms with van der Waals surface area (Å²) in [7, 11) is 0. The van der Waals surface area contributed by atoms with Gasteiger partial charge in [-0.25, -0.2) is 0 Å². The van der Waals surface area contributed by atoms with Crippen molar-refractivity contribution in [3.05, 3.63) is 163 Å². The third kappa shape index (κ3) is 4.01. The van der Waals surface area contributed by atoms with Crippen LogP contribution in [0.2, 0.25) is 0 Å². The molecule has 0 fully saturated rings. The molecule has 4 heteroatoms. The summed E-state index contributed by atoms with van der Waals surface area (Å²) in [5, 5.41) is 8.10. The van der Waals surface area contributed by atoms with E-state index in [4.69, 9.17) is 8.83 Å². The molecule has 0 spiro atoms. The van der Waals surface area contributed by atoms with Crippen LogP contribution in [-0.4, -0.2) is 0 Å². The highest BCUT2D eigenvalue weighted by Gasteiger charge is 2.31. The average molecular weight is 605 g/mol. The zero-order valence-corrected chi connectivity index (χ0v) is 25.4. The number of rotatable bonds is 4. The van der Waals surface area contributed by atoms with Crippen molar-refractivity contribution >= 4 is 60.9 Å². The summed E-state index contributed by atoms with van der Waals surface area (Å²) >= 11 is 0. The Balaban J connectivity index is 1.07. The molecule has 222 valence electrons. The van der Waals surface area contributed by atoms with Gasteiger partial charge in [0.2, 0.25) is 0 Å². The molecule has 2 aromatic heterocycles. The summed E-state index contributed by atoms with van der Waals surface area (Å²) < 4.78 is 13.0. The van der Waals surface area contributed by atoms with Crippen LogP contribution in [0.4, 0.5) is 17.1 Å². The molecule has 0 radical (unpaired) electrons. The Labute approximate surface area is 271 Å². The second-order valence-electron chi connectivity index (χ2n) is 12.2. The van der Waals surface area contributed by atoms with Gasteiger partial charge in [0.25, 0.3) is 0 Å². The molecule has 1 aliphatic heterocycles. The maximum absolute atomic E-state index is 6.53. The van der Waals surface area contributed by atoms with Crippen molar-refractivity contribution in [2.75, 3.05) is 10.2 Å². The van der Waals surface area contributed by atoms with Crippen molar-refractivity contribution in [2.45, 2.75) is 6.17 Å². The predicted molar refractivity (Wildman–Crippen MR) is 193 cm³/mol. The number of hydrogen-bond acceptors (Lipinski definition) is 4. The molecule has 1 atom stereocenters. The van der Waals surface area contributed by atoms with E-state index in [1.54, 1.807) is 0 Å². The number of nitrogens with one attached hydrogen (secondary N) is 1. The van der Waals surface area contributed by atoms with Crippen LogP contribution >= 0.6 is 0 Å². The minimum absolute atomic E-state index is 0.00589. The van der Waals surface area contributed by atoms with Gasteiger partial charge in [-0.05, 0) is 64.7 Å². The minimum Gasteiger partial charge on any atom is -0.455 e. The van der Waals surface area contributed by atoms with Crippen LogP contribution < -0.4 is 10.2 Å². The predicted octanol–water partition coefficient (Wildman–Crippen LogP) is 12.1. The van der Waals surface area contributed by atoms with Crippen LogP contribution in [0.15, 0.2) is 167 Å². The molecule has 0 amide bonds. The van der Waals surface area contributed by atoms with Gasteiger partial charge in [0.15, 0.2) is 0 Å². The van der Waals surface area contributed by atoms with Crippen molar-refractivity contribution in [3.63, 3.8) is 0 Å². The van der Waals surface area contributed by atoms with E-state index in [-0.39, 0.29) is 6.17 Å². The molecule has 47 heavy (non-hydrogen) atoms. The van der Waals surface area contributed by atoms with Gasteiger partial charge < -0.3 is 19.1 Å². The average Bonchev–Trinajstić information content (AvgIpc) is 3.83. The number of benzene rings is 7. The number of nitrogens with zero attached hydrogens (tertiary/aromatic N) is 1. The van der Waals surface area contributed by atoms with Crippen LogP contribution in [0.3, 0.4) is 0 Å². The number of fused-ring (bicyclic) bond motifs is 8. The summed E-state index contributed by atoms with van der Waals surface area (Å²) in [5.41, 5.74) is 12.6. The van der Waals surface area contributed by atoms with Gasteiger partial charge in [0, 0.05) is 27.4 Å². The molecule has 10 rings (SSSR count). The maximum Gasteiger partial charge on any atom is 0.147 e. The summed E-state index contributed by atoms with van der Waals surface area (Å²) in [6, 6.07) is 55.5. The highest BCUT2D eigenvalue weighted by Crippen LogP contribution is 2.48. The number of furan rings is 2. The lowest BCUT2D eigenvalue weighted by atomic mass is 9.96. The van der Waals surface area contributed by atoms with Crippen LogP contribution in [0.1, 0.15) is 11.7 Å². The Kier molecular flexibility index (Phi) is 5.60. The van der Waals surface area contributed by atoms with Gasteiger partial charge in [-0.2, -0.15) is 0 Å². The van der Waals surface area contributed by atoms with Gasteiger partial charge in [-0.15, -0.1) is 0 Å². The van der Waals surface area contributed by atoms with Crippen molar-refractivity contribution in [1.82, 2.24) is 0 Å². The summed E-state index contributed by atoms with van der Waals surface area (Å²) in [5.74, 6) is 0. The molecule has 7 aromatic carbocycles. The second-order valence-corrected chi connectivity index (χ2v) is 12.2. The van der Waals surface area contributed by atoms with Crippen molar-refractivity contribution < 1.29 is 8.83 Å². The first kappa shape index (κ1) is 26.0. The van der Waals surface area contributed by atoms with E-state index in [2.05, 4.69) is 144 Å². The molecule has 9 aromatic rings. The normalized spacial score (nSPS) is 14.3. The molecule has 1 unspecified atom stereocenters. The molecular formula is C43H28N2O2. The fourth-order valence-corrected chi connectivity index (χ4v) is 7.26. The minimum atomic E-state index is 0.00589. The molecule has 0 bridgehead atoms. The van der Waals surface area contributed by atoms with E-state index in [9.17, 15) is 0 Å². The molecule has 0 saturated carbocycles. The summed E-state index contributed by atoms with van der Waals surface area (Å²) in [6.07, 6.45) is 0.00589. The summed E-state index contributed by atoms with van der Waals surface area (Å²) in [4.78, 5) is 2.38. The SMILES string of the molecule is c1ccc(C2Nc3cc(-c4ccc(-c5cc6c7ccccc7oc6c6c5oc5ccccc56)cc4)ccc3N2c2ccccc2)cc1. The van der Waals surface area contributed by atoms with E-state index in [1.165, 1.54) is 11.3 Å². The van der Waals surface area contributed by atoms with E-state index in [1.807, 2.05) is 24.3 Å². The molecular weight excluding hydrogens is 576 g/mol. The Hall–Kier alpha value is -6.26. The van der Waals surface area contributed by atoms with Gasteiger partial charge in [0.05, 0.1) is 16.8 Å². The standard InChI is InChI=1S/C43H28N2O2/c1-3-11-29(12-4-1)43-44-36-25-30(23-24-37(36)45(43)31-13-5-2-6-14-31)27-19-21-28(22-20-27)34-26-35-32-15-7-9-17-38(32)46-42(35)40-33-16-8-10-18-39(33)47-41(34)40/h1-26,43-44H. The van der Waals surface area contributed by atoms with E-state index < -0.39 is 0 Å². The zero-order chi connectivity index (χ0) is 30.9. The summed E-state index contributed by atoms with van der Waals surface area (Å²) in [6.45, 7) is 0. The van der Waals surface area contributed by atoms with E-state index in [0.717, 1.165) is 77.5 Å². The monoisotopic (exact) mass is 604 g/mol. The van der Waals surface area contributed by atoms with Crippen LogP contribution in [0.5, 0.6) is 0 Å². The highest BCUT2D eigenvalue weighted by molar-refractivity contribution is 6.25. The first-order valence-electron chi connectivity index (χ1n) is 16.0. The Bertz CT molecular complexity index is 2600. The van der Waals surface area contributed by atoms with E-state index >= 15 is 0 Å². The fraction of sp³-hybridized carbons (Fsp3) is 0.0233. The molecule has 1 aliphatic rings. The Morgan fingerprint density at radius 1 is 0.489 bits per heavy atom. The third-order valence-corrected chi connectivity index (χ3v) is 9.48. The van der Waals surface area contributed by atoms with Crippen molar-refractivity contribution in [3.8, 4) is 22.3 Å². The van der Waals surface area contributed by atoms with Gasteiger partial charge in [-0.1, -0.05) is 115 Å². The van der Waals surface area contributed by atoms with Gasteiger partial charge >= 0.3 is 0 Å². The van der Waals surface area contributed by atoms with Crippen LogP contribution in [0, 0.1) is 0 Å². The maximum atomic E-state index is 6.53. The number of hydrogen-bond donors (Lipinski definition) is 1. The first-order chi connectivity index (χ1) is 23.3.